The number of hydrogen-bond acceptors (Lipinski definition) is 4. The minimum atomic E-state index is 0.118. The van der Waals surface area contributed by atoms with E-state index in [2.05, 4.69) is 192 Å². The summed E-state index contributed by atoms with van der Waals surface area (Å²) < 4.78 is 12.4. The standard InChI is InChI=1S/C54H36N2O2/c1-2-10-39(11-3-1)56-49-15-7-4-12-43(49)44-30-28-42(34-50(44)56)55(40-24-18-35(19-25-40)37-23-31-53-48(32-37)46-14-6-9-17-52(46)57-53)41-26-20-36(21-27-41)38-22-29-47-45-13-5-8-16-51(45)58-54(47)33-38/h1-34,44,50H. The molecule has 0 fully saturated rings. The molecule has 4 nitrogen and oxygen atoms in total. The Bertz CT molecular complexity index is 3240. The van der Waals surface area contributed by atoms with Crippen molar-refractivity contribution in [3.63, 3.8) is 0 Å². The zero-order chi connectivity index (χ0) is 38.2. The number of para-hydroxylation sites is 4. The zero-order valence-corrected chi connectivity index (χ0v) is 31.5. The van der Waals surface area contributed by atoms with Crippen molar-refractivity contribution in [2.75, 3.05) is 9.80 Å². The fourth-order valence-corrected chi connectivity index (χ4v) is 9.24. The molecule has 0 spiro atoms. The minimum Gasteiger partial charge on any atom is -0.456 e. The first-order chi connectivity index (χ1) is 28.7. The third-order valence-corrected chi connectivity index (χ3v) is 12.0. The maximum absolute atomic E-state index is 6.26. The number of rotatable bonds is 6. The molecule has 1 aliphatic carbocycles. The van der Waals surface area contributed by atoms with Crippen molar-refractivity contribution in [1.82, 2.24) is 0 Å². The summed E-state index contributed by atoms with van der Waals surface area (Å²) in [4.78, 5) is 4.89. The highest BCUT2D eigenvalue weighted by atomic mass is 16.3. The van der Waals surface area contributed by atoms with Gasteiger partial charge in [0, 0.05) is 55.9 Å². The second-order valence-corrected chi connectivity index (χ2v) is 15.3. The van der Waals surface area contributed by atoms with E-state index in [1.807, 2.05) is 24.3 Å². The Morgan fingerprint density at radius 2 is 0.983 bits per heavy atom. The largest absolute Gasteiger partial charge is 0.456 e. The highest BCUT2D eigenvalue weighted by Gasteiger charge is 2.39. The molecule has 1 aliphatic heterocycles. The first-order valence-corrected chi connectivity index (χ1v) is 19.9. The van der Waals surface area contributed by atoms with Gasteiger partial charge < -0.3 is 18.6 Å². The Labute approximate surface area is 335 Å². The third kappa shape index (κ3) is 5.23. The molecule has 274 valence electrons. The minimum absolute atomic E-state index is 0.118. The number of fused-ring (bicyclic) bond motifs is 9. The molecule has 2 atom stereocenters. The molecule has 0 bridgehead atoms. The average molecular weight is 745 g/mol. The van der Waals surface area contributed by atoms with E-state index >= 15 is 0 Å². The molecular formula is C54H36N2O2. The molecule has 0 radical (unpaired) electrons. The second-order valence-electron chi connectivity index (χ2n) is 15.3. The van der Waals surface area contributed by atoms with Crippen LogP contribution < -0.4 is 9.80 Å². The molecule has 0 amide bonds. The van der Waals surface area contributed by atoms with Crippen molar-refractivity contribution in [2.45, 2.75) is 12.0 Å². The van der Waals surface area contributed by atoms with Crippen LogP contribution in [0.1, 0.15) is 11.5 Å². The highest BCUT2D eigenvalue weighted by Crippen LogP contribution is 2.49. The Morgan fingerprint density at radius 1 is 0.431 bits per heavy atom. The smallest absolute Gasteiger partial charge is 0.136 e. The van der Waals surface area contributed by atoms with Crippen LogP contribution in [0.2, 0.25) is 0 Å². The quantitative estimate of drug-likeness (QED) is 0.170. The normalized spacial score (nSPS) is 15.9. The van der Waals surface area contributed by atoms with Gasteiger partial charge in [0.1, 0.15) is 22.3 Å². The second kappa shape index (κ2) is 13.0. The summed E-state index contributed by atoms with van der Waals surface area (Å²) in [5.74, 6) is 0.244. The van der Waals surface area contributed by atoms with Gasteiger partial charge in [-0.05, 0) is 119 Å². The fourth-order valence-electron chi connectivity index (χ4n) is 9.24. The van der Waals surface area contributed by atoms with Gasteiger partial charge in [0.15, 0.2) is 0 Å². The first kappa shape index (κ1) is 32.7. The predicted octanol–water partition coefficient (Wildman–Crippen LogP) is 14.7. The van der Waals surface area contributed by atoms with Crippen LogP contribution in [0.15, 0.2) is 221 Å². The molecule has 3 heterocycles. The number of nitrogens with zero attached hydrogens (tertiary/aromatic N) is 2. The summed E-state index contributed by atoms with van der Waals surface area (Å²) in [5, 5.41) is 4.54. The van der Waals surface area contributed by atoms with Crippen LogP contribution in [0.25, 0.3) is 66.1 Å². The Hall–Kier alpha value is -7.56. The van der Waals surface area contributed by atoms with E-state index in [0.717, 1.165) is 83.2 Å². The van der Waals surface area contributed by atoms with Gasteiger partial charge >= 0.3 is 0 Å². The van der Waals surface area contributed by atoms with E-state index in [1.165, 1.54) is 16.9 Å². The monoisotopic (exact) mass is 744 g/mol. The van der Waals surface area contributed by atoms with Crippen molar-refractivity contribution in [2.24, 2.45) is 0 Å². The molecular weight excluding hydrogens is 709 g/mol. The van der Waals surface area contributed by atoms with Gasteiger partial charge in [-0.25, -0.2) is 0 Å². The Kier molecular flexibility index (Phi) is 7.32. The number of anilines is 4. The van der Waals surface area contributed by atoms with E-state index < -0.39 is 0 Å². The summed E-state index contributed by atoms with van der Waals surface area (Å²) in [6, 6.07) is 67.1. The van der Waals surface area contributed by atoms with E-state index in [0.29, 0.717) is 0 Å². The van der Waals surface area contributed by atoms with Gasteiger partial charge in [0.05, 0.1) is 6.04 Å². The first-order valence-electron chi connectivity index (χ1n) is 19.9. The lowest BCUT2D eigenvalue weighted by Crippen LogP contribution is -2.31. The molecule has 0 saturated carbocycles. The van der Waals surface area contributed by atoms with Gasteiger partial charge in [-0.15, -0.1) is 0 Å². The van der Waals surface area contributed by atoms with E-state index in [9.17, 15) is 0 Å². The maximum Gasteiger partial charge on any atom is 0.136 e. The van der Waals surface area contributed by atoms with Gasteiger partial charge in [0.2, 0.25) is 0 Å². The van der Waals surface area contributed by atoms with Crippen molar-refractivity contribution in [1.29, 1.82) is 0 Å². The molecule has 8 aromatic carbocycles. The molecule has 2 unspecified atom stereocenters. The lowest BCUT2D eigenvalue weighted by atomic mass is 9.90. The van der Waals surface area contributed by atoms with Crippen LogP contribution in [0, 0.1) is 0 Å². The van der Waals surface area contributed by atoms with Crippen LogP contribution >= 0.6 is 0 Å². The maximum atomic E-state index is 6.26. The molecule has 10 aromatic rings. The van der Waals surface area contributed by atoms with E-state index in [-0.39, 0.29) is 12.0 Å². The number of benzene rings is 8. The molecule has 2 aliphatic rings. The van der Waals surface area contributed by atoms with Crippen LogP contribution in [-0.4, -0.2) is 6.04 Å². The average Bonchev–Trinajstić information content (AvgIpc) is 3.96. The third-order valence-electron chi connectivity index (χ3n) is 12.0. The highest BCUT2D eigenvalue weighted by molar-refractivity contribution is 6.07. The summed E-state index contributed by atoms with van der Waals surface area (Å²) in [7, 11) is 0. The van der Waals surface area contributed by atoms with Gasteiger partial charge in [0.25, 0.3) is 0 Å². The number of furan rings is 2. The van der Waals surface area contributed by atoms with Crippen molar-refractivity contribution in [3.05, 3.63) is 218 Å². The summed E-state index contributed by atoms with van der Waals surface area (Å²) in [6.45, 7) is 0. The lowest BCUT2D eigenvalue weighted by Gasteiger charge is -2.34. The van der Waals surface area contributed by atoms with Crippen LogP contribution in [0.4, 0.5) is 22.7 Å². The molecule has 58 heavy (non-hydrogen) atoms. The van der Waals surface area contributed by atoms with E-state index in [1.54, 1.807) is 0 Å². The number of allylic oxidation sites excluding steroid dienone is 1. The lowest BCUT2D eigenvalue weighted by molar-refractivity contribution is 0.668. The molecule has 12 rings (SSSR count). The SMILES string of the molecule is C1=CC2c3ccccc3N(c3ccccc3)C2C=C1N(c1ccc(-c2ccc3c(c2)oc2ccccc23)cc1)c1ccc(-c2ccc3oc4ccccc4c3c2)cc1. The summed E-state index contributed by atoms with van der Waals surface area (Å²) >= 11 is 0. The molecule has 0 saturated heterocycles. The van der Waals surface area contributed by atoms with Crippen molar-refractivity contribution >= 4 is 66.6 Å². The van der Waals surface area contributed by atoms with Gasteiger partial charge in [-0.2, -0.15) is 0 Å². The topological polar surface area (TPSA) is 32.8 Å². The van der Waals surface area contributed by atoms with Gasteiger partial charge in [-0.3, -0.25) is 0 Å². The molecule has 0 N–H and O–H groups in total. The summed E-state index contributed by atoms with van der Waals surface area (Å²) in [5.41, 5.74) is 15.3. The van der Waals surface area contributed by atoms with Crippen LogP contribution in [0.5, 0.6) is 0 Å². The molecule has 2 aromatic heterocycles. The predicted molar refractivity (Wildman–Crippen MR) is 239 cm³/mol. The fraction of sp³-hybridized carbons (Fsp3) is 0.0370. The van der Waals surface area contributed by atoms with Gasteiger partial charge in [-0.1, -0.05) is 115 Å². The zero-order valence-electron chi connectivity index (χ0n) is 31.5. The number of hydrogen-bond donors (Lipinski definition) is 0. The Balaban J connectivity index is 0.949. The van der Waals surface area contributed by atoms with Crippen molar-refractivity contribution in [3.8, 4) is 22.3 Å². The van der Waals surface area contributed by atoms with E-state index in [4.69, 9.17) is 8.83 Å². The Morgan fingerprint density at radius 3 is 1.72 bits per heavy atom. The molecule has 4 heteroatoms. The summed E-state index contributed by atoms with van der Waals surface area (Å²) in [6.07, 6.45) is 7.15. The van der Waals surface area contributed by atoms with Crippen LogP contribution in [-0.2, 0) is 0 Å². The van der Waals surface area contributed by atoms with Crippen molar-refractivity contribution < 1.29 is 8.83 Å². The van der Waals surface area contributed by atoms with Crippen LogP contribution in [0.3, 0.4) is 0 Å².